The van der Waals surface area contributed by atoms with Crippen molar-refractivity contribution in [2.24, 2.45) is 0 Å². The molecule has 0 saturated carbocycles. The van der Waals surface area contributed by atoms with Gasteiger partial charge in [-0.15, -0.1) is 0 Å². The predicted octanol–water partition coefficient (Wildman–Crippen LogP) is 4.05. The second-order valence-corrected chi connectivity index (χ2v) is 4.88. The van der Waals surface area contributed by atoms with E-state index >= 15 is 0 Å². The topological polar surface area (TPSA) is 3.24 Å². The highest BCUT2D eigenvalue weighted by atomic mass is 19.1. The lowest BCUT2D eigenvalue weighted by molar-refractivity contribution is 0.161. The fraction of sp³-hybridized carbons (Fsp3) is 0.294. The van der Waals surface area contributed by atoms with Crippen LogP contribution < -0.4 is 0 Å². The number of halogens is 1. The summed E-state index contributed by atoms with van der Waals surface area (Å²) in [6.45, 7) is 3.17. The third-order valence-corrected chi connectivity index (χ3v) is 3.30. The third kappa shape index (κ3) is 4.18. The molecule has 0 aliphatic rings. The van der Waals surface area contributed by atoms with E-state index in [1.165, 1.54) is 11.1 Å². The summed E-state index contributed by atoms with van der Waals surface area (Å²) in [6.07, 6.45) is 0. The van der Waals surface area contributed by atoms with Gasteiger partial charge in [0.15, 0.2) is 0 Å². The van der Waals surface area contributed by atoms with Gasteiger partial charge in [0, 0.05) is 19.1 Å². The monoisotopic (exact) mass is 257 g/mol. The molecule has 0 spiro atoms. The summed E-state index contributed by atoms with van der Waals surface area (Å²) in [5, 5.41) is 0. The zero-order chi connectivity index (χ0) is 13.5. The number of alkyl halides is 1. The Morgan fingerprint density at radius 1 is 0.842 bits per heavy atom. The van der Waals surface area contributed by atoms with Crippen molar-refractivity contribution in [1.29, 1.82) is 0 Å². The number of benzene rings is 2. The lowest BCUT2D eigenvalue weighted by atomic mass is 10.1. The summed E-state index contributed by atoms with van der Waals surface area (Å²) in [4.78, 5) is 2.17. The maximum Gasteiger partial charge on any atom is 0.105 e. The Balaban J connectivity index is 2.08. The van der Waals surface area contributed by atoms with Crippen molar-refractivity contribution in [3.63, 3.8) is 0 Å². The average molecular weight is 257 g/mol. The Kier molecular flexibility index (Phi) is 5.10. The van der Waals surface area contributed by atoms with Crippen LogP contribution in [-0.4, -0.2) is 17.6 Å². The number of nitrogens with zero attached hydrogens (tertiary/aromatic N) is 1. The van der Waals surface area contributed by atoms with Crippen molar-refractivity contribution in [1.82, 2.24) is 4.90 Å². The van der Waals surface area contributed by atoms with E-state index in [9.17, 15) is 4.39 Å². The molecule has 0 heterocycles. The first-order valence-corrected chi connectivity index (χ1v) is 6.67. The molecule has 0 aliphatic carbocycles. The fourth-order valence-electron chi connectivity index (χ4n) is 2.10. The van der Waals surface area contributed by atoms with Gasteiger partial charge in [0.2, 0.25) is 0 Å². The molecule has 1 atom stereocenters. The van der Waals surface area contributed by atoms with Gasteiger partial charge in [0.05, 0.1) is 0 Å². The van der Waals surface area contributed by atoms with Crippen LogP contribution in [0.3, 0.4) is 0 Å². The molecule has 2 heteroatoms. The predicted molar refractivity (Wildman–Crippen MR) is 77.6 cm³/mol. The van der Waals surface area contributed by atoms with Gasteiger partial charge < -0.3 is 0 Å². The van der Waals surface area contributed by atoms with E-state index < -0.39 is 0 Å². The average Bonchev–Trinajstić information content (AvgIpc) is 2.48. The SMILES string of the molecule is CC(CF)N(Cc1ccccc1)Cc1ccccc1. The van der Waals surface area contributed by atoms with E-state index in [1.807, 2.05) is 43.3 Å². The molecule has 0 fully saturated rings. The Morgan fingerprint density at radius 3 is 1.63 bits per heavy atom. The molecule has 19 heavy (non-hydrogen) atoms. The zero-order valence-corrected chi connectivity index (χ0v) is 11.3. The van der Waals surface area contributed by atoms with Gasteiger partial charge in [0.1, 0.15) is 6.67 Å². The van der Waals surface area contributed by atoms with Crippen LogP contribution in [0, 0.1) is 0 Å². The molecule has 2 rings (SSSR count). The Labute approximate surface area is 114 Å². The highest BCUT2D eigenvalue weighted by Crippen LogP contribution is 2.13. The number of hydrogen-bond donors (Lipinski definition) is 0. The molecule has 0 aliphatic heterocycles. The minimum atomic E-state index is -0.320. The first-order chi connectivity index (χ1) is 9.29. The molecular weight excluding hydrogens is 237 g/mol. The highest BCUT2D eigenvalue weighted by molar-refractivity contribution is 5.17. The Morgan fingerprint density at radius 2 is 1.26 bits per heavy atom. The maximum atomic E-state index is 13.0. The van der Waals surface area contributed by atoms with Crippen LogP contribution in [0.1, 0.15) is 18.1 Å². The zero-order valence-electron chi connectivity index (χ0n) is 11.3. The van der Waals surface area contributed by atoms with Crippen LogP contribution in [0.4, 0.5) is 4.39 Å². The van der Waals surface area contributed by atoms with Gasteiger partial charge in [-0.2, -0.15) is 0 Å². The van der Waals surface area contributed by atoms with Crippen LogP contribution in [0.15, 0.2) is 60.7 Å². The third-order valence-electron chi connectivity index (χ3n) is 3.30. The summed E-state index contributed by atoms with van der Waals surface area (Å²) in [5.74, 6) is 0. The molecule has 0 saturated heterocycles. The van der Waals surface area contributed by atoms with E-state index in [-0.39, 0.29) is 12.7 Å². The lowest BCUT2D eigenvalue weighted by Gasteiger charge is -2.27. The summed E-state index contributed by atoms with van der Waals surface area (Å²) < 4.78 is 13.0. The minimum Gasteiger partial charge on any atom is -0.290 e. The summed E-state index contributed by atoms with van der Waals surface area (Å²) in [5.41, 5.74) is 2.44. The standard InChI is InChI=1S/C17H20FN/c1-15(12-18)19(13-16-8-4-2-5-9-16)14-17-10-6-3-7-11-17/h2-11,15H,12-14H2,1H3. The van der Waals surface area contributed by atoms with Gasteiger partial charge in [-0.3, -0.25) is 4.90 Å². The minimum absolute atomic E-state index is 0.0691. The maximum absolute atomic E-state index is 13.0. The molecule has 0 bridgehead atoms. The molecule has 0 radical (unpaired) electrons. The molecule has 2 aromatic rings. The summed E-state index contributed by atoms with van der Waals surface area (Å²) in [6, 6.07) is 20.4. The van der Waals surface area contributed by atoms with Crippen molar-refractivity contribution < 1.29 is 4.39 Å². The van der Waals surface area contributed by atoms with Gasteiger partial charge >= 0.3 is 0 Å². The molecule has 100 valence electrons. The Hall–Kier alpha value is -1.67. The molecular formula is C17H20FN. The lowest BCUT2D eigenvalue weighted by Crippen LogP contribution is -2.33. The van der Waals surface area contributed by atoms with Crippen LogP contribution in [-0.2, 0) is 13.1 Å². The molecule has 0 aromatic heterocycles. The van der Waals surface area contributed by atoms with Crippen molar-refractivity contribution >= 4 is 0 Å². The number of hydrogen-bond acceptors (Lipinski definition) is 1. The van der Waals surface area contributed by atoms with Gasteiger partial charge in [-0.1, -0.05) is 60.7 Å². The van der Waals surface area contributed by atoms with Gasteiger partial charge in [-0.05, 0) is 18.1 Å². The van der Waals surface area contributed by atoms with E-state index in [2.05, 4.69) is 29.2 Å². The van der Waals surface area contributed by atoms with Crippen molar-refractivity contribution in [3.05, 3.63) is 71.8 Å². The molecule has 1 unspecified atom stereocenters. The van der Waals surface area contributed by atoms with Crippen molar-refractivity contribution in [2.75, 3.05) is 6.67 Å². The molecule has 0 amide bonds. The smallest absolute Gasteiger partial charge is 0.105 e. The van der Waals surface area contributed by atoms with Gasteiger partial charge in [0.25, 0.3) is 0 Å². The fourth-order valence-corrected chi connectivity index (χ4v) is 2.10. The largest absolute Gasteiger partial charge is 0.290 e. The van der Waals surface area contributed by atoms with Crippen molar-refractivity contribution in [3.8, 4) is 0 Å². The highest BCUT2D eigenvalue weighted by Gasteiger charge is 2.14. The molecule has 1 nitrogen and oxygen atoms in total. The van der Waals surface area contributed by atoms with Crippen LogP contribution in [0.25, 0.3) is 0 Å². The van der Waals surface area contributed by atoms with E-state index in [4.69, 9.17) is 0 Å². The van der Waals surface area contributed by atoms with Crippen LogP contribution in [0.5, 0.6) is 0 Å². The van der Waals surface area contributed by atoms with E-state index in [0.29, 0.717) is 0 Å². The van der Waals surface area contributed by atoms with E-state index in [1.54, 1.807) is 0 Å². The number of rotatable bonds is 6. The quantitative estimate of drug-likeness (QED) is 0.754. The second kappa shape index (κ2) is 7.05. The van der Waals surface area contributed by atoms with Crippen molar-refractivity contribution in [2.45, 2.75) is 26.1 Å². The normalized spacial score (nSPS) is 12.6. The first-order valence-electron chi connectivity index (χ1n) is 6.67. The first kappa shape index (κ1) is 13.8. The molecule has 2 aromatic carbocycles. The summed E-state index contributed by atoms with van der Waals surface area (Å²) >= 11 is 0. The van der Waals surface area contributed by atoms with E-state index in [0.717, 1.165) is 13.1 Å². The Bertz CT molecular complexity index is 428. The second-order valence-electron chi connectivity index (χ2n) is 4.88. The summed E-state index contributed by atoms with van der Waals surface area (Å²) in [7, 11) is 0. The van der Waals surface area contributed by atoms with Gasteiger partial charge in [-0.25, -0.2) is 4.39 Å². The van der Waals surface area contributed by atoms with Crippen LogP contribution >= 0.6 is 0 Å². The van der Waals surface area contributed by atoms with Crippen LogP contribution in [0.2, 0.25) is 0 Å². The molecule has 0 N–H and O–H groups in total.